The Morgan fingerprint density at radius 1 is 1.23 bits per heavy atom. The molecule has 0 fully saturated rings. The third-order valence-electron chi connectivity index (χ3n) is 5.78. The van der Waals surface area contributed by atoms with E-state index in [2.05, 4.69) is 15.0 Å². The molecule has 2 aromatic rings. The Morgan fingerprint density at radius 2 is 1.97 bits per heavy atom. The third kappa shape index (κ3) is 5.79. The molecule has 1 aliphatic rings. The highest BCUT2D eigenvalue weighted by Crippen LogP contribution is 2.38. The quantitative estimate of drug-likeness (QED) is 0.278. The number of quaternary nitrogens is 1. The number of rotatable bonds is 10. The molecular formula is C24H27F3N3O5+. The van der Waals surface area contributed by atoms with Crippen molar-refractivity contribution >= 4 is 24.2 Å². The van der Waals surface area contributed by atoms with E-state index in [0.29, 0.717) is 24.9 Å². The summed E-state index contributed by atoms with van der Waals surface area (Å²) in [7, 11) is 1.45. The normalized spacial score (nSPS) is 17.7. The zero-order chi connectivity index (χ0) is 25.8. The minimum Gasteiger partial charge on any atom is -0.468 e. The molecular weight excluding hydrogens is 467 g/mol. The fraction of sp³-hybridized carbons (Fsp3) is 0.417. The number of alkyl halides is 3. The van der Waals surface area contributed by atoms with Crippen LogP contribution in [0.15, 0.2) is 30.5 Å². The number of halogens is 3. The number of carbonyl (C=O) groups is 3. The van der Waals surface area contributed by atoms with Crippen LogP contribution in [0.25, 0.3) is 0 Å². The average molecular weight is 494 g/mol. The van der Waals surface area contributed by atoms with Gasteiger partial charge in [0.05, 0.1) is 32.0 Å². The second-order valence-corrected chi connectivity index (χ2v) is 8.86. The molecule has 0 aliphatic carbocycles. The summed E-state index contributed by atoms with van der Waals surface area (Å²) in [5.41, 5.74) is -0.247. The van der Waals surface area contributed by atoms with Gasteiger partial charge in [-0.15, -0.1) is 0 Å². The van der Waals surface area contributed by atoms with Crippen LogP contribution in [0, 0.1) is 5.92 Å². The number of imide groups is 1. The first kappa shape index (κ1) is 26.1. The predicted molar refractivity (Wildman–Crippen MR) is 120 cm³/mol. The zero-order valence-electron chi connectivity index (χ0n) is 19.6. The Morgan fingerprint density at radius 3 is 2.63 bits per heavy atom. The van der Waals surface area contributed by atoms with E-state index in [-0.39, 0.29) is 48.4 Å². The van der Waals surface area contributed by atoms with Crippen molar-refractivity contribution in [3.8, 4) is 11.5 Å². The number of pyridine rings is 1. The monoisotopic (exact) mass is 494 g/mol. The van der Waals surface area contributed by atoms with E-state index in [0.717, 1.165) is 12.1 Å². The lowest BCUT2D eigenvalue weighted by Gasteiger charge is -2.33. The van der Waals surface area contributed by atoms with Gasteiger partial charge < -0.3 is 9.47 Å². The van der Waals surface area contributed by atoms with Crippen molar-refractivity contribution in [2.75, 3.05) is 25.5 Å². The van der Waals surface area contributed by atoms with Crippen LogP contribution in [0.2, 0.25) is 0 Å². The number of anilines is 1. The molecule has 8 nitrogen and oxygen atoms in total. The summed E-state index contributed by atoms with van der Waals surface area (Å²) in [4.78, 5) is 41.0. The van der Waals surface area contributed by atoms with Crippen molar-refractivity contribution in [2.45, 2.75) is 39.3 Å². The van der Waals surface area contributed by atoms with E-state index < -0.39 is 28.2 Å². The standard InChI is InChI=1S/C24H26F3N3O5/c1-15(2)8-9-18-19(35-17-7-4-6-16(12-17)24(25,26)27)13-28-21-20(18)22(32)30(3,23(33)29-21)10-5-11-34-14-31/h4,6-7,12-15H,5,8-11H2,1-3H3/p+1. The number of ether oxygens (including phenoxy) is 2. The van der Waals surface area contributed by atoms with Crippen molar-refractivity contribution in [3.05, 3.63) is 47.2 Å². The third-order valence-corrected chi connectivity index (χ3v) is 5.78. The molecule has 1 aromatic carbocycles. The van der Waals surface area contributed by atoms with Crippen LogP contribution in [0.5, 0.6) is 11.5 Å². The van der Waals surface area contributed by atoms with E-state index in [1.54, 1.807) is 0 Å². The van der Waals surface area contributed by atoms with Crippen LogP contribution in [-0.4, -0.2) is 48.1 Å². The summed E-state index contributed by atoms with van der Waals surface area (Å²) in [6.45, 7) is 4.40. The molecule has 0 spiro atoms. The van der Waals surface area contributed by atoms with E-state index in [9.17, 15) is 27.6 Å². The molecule has 1 unspecified atom stereocenters. The van der Waals surface area contributed by atoms with Crippen LogP contribution in [-0.2, 0) is 22.1 Å². The highest BCUT2D eigenvalue weighted by molar-refractivity contribution is 6.09. The van der Waals surface area contributed by atoms with E-state index in [1.165, 1.54) is 25.4 Å². The largest absolute Gasteiger partial charge is 0.468 e. The molecule has 3 amide bonds. The molecule has 35 heavy (non-hydrogen) atoms. The maximum absolute atomic E-state index is 13.6. The minimum absolute atomic E-state index is 0.0436. The number of carbonyl (C=O) groups excluding carboxylic acids is 3. The number of nitrogens with one attached hydrogen (secondary N) is 1. The van der Waals surface area contributed by atoms with Gasteiger partial charge in [-0.3, -0.25) is 10.1 Å². The van der Waals surface area contributed by atoms with Gasteiger partial charge in [-0.25, -0.2) is 14.6 Å². The Balaban J connectivity index is 2.03. The first-order valence-electron chi connectivity index (χ1n) is 11.1. The lowest BCUT2D eigenvalue weighted by atomic mass is 9.96. The fourth-order valence-electron chi connectivity index (χ4n) is 3.77. The van der Waals surface area contributed by atoms with Gasteiger partial charge >= 0.3 is 18.1 Å². The molecule has 1 aliphatic heterocycles. The van der Waals surface area contributed by atoms with E-state index >= 15 is 0 Å². The number of nitrogens with zero attached hydrogens (tertiary/aromatic N) is 2. The van der Waals surface area contributed by atoms with Crippen LogP contribution < -0.4 is 10.1 Å². The maximum atomic E-state index is 13.6. The molecule has 0 saturated heterocycles. The Kier molecular flexibility index (Phi) is 7.79. The molecule has 0 bridgehead atoms. The average Bonchev–Trinajstić information content (AvgIpc) is 2.79. The Labute approximate surface area is 200 Å². The van der Waals surface area contributed by atoms with Crippen molar-refractivity contribution < 1.29 is 41.5 Å². The fourth-order valence-corrected chi connectivity index (χ4v) is 3.77. The minimum atomic E-state index is -4.54. The van der Waals surface area contributed by atoms with E-state index in [4.69, 9.17) is 4.74 Å². The van der Waals surface area contributed by atoms with Crippen LogP contribution in [0.4, 0.5) is 23.8 Å². The van der Waals surface area contributed by atoms with Gasteiger partial charge in [0.2, 0.25) is 0 Å². The molecule has 1 atom stereocenters. The molecule has 0 radical (unpaired) electrons. The van der Waals surface area contributed by atoms with Gasteiger partial charge in [-0.2, -0.15) is 17.7 Å². The lowest BCUT2D eigenvalue weighted by Crippen LogP contribution is -2.59. The summed E-state index contributed by atoms with van der Waals surface area (Å²) in [5, 5.41) is 2.66. The first-order chi connectivity index (χ1) is 16.5. The SMILES string of the molecule is CC(C)CCc1c(Oc2cccc(C(F)(F)F)c2)cnc2c1C(=O)[N+](C)(CCCOC=O)C(=O)N2. The molecule has 1 aromatic heterocycles. The van der Waals surface area contributed by atoms with Crippen molar-refractivity contribution in [2.24, 2.45) is 5.92 Å². The molecule has 1 N–H and O–H groups in total. The number of fused-ring (bicyclic) bond motifs is 1. The predicted octanol–water partition coefficient (Wildman–Crippen LogP) is 5.18. The second-order valence-electron chi connectivity index (χ2n) is 8.86. The summed E-state index contributed by atoms with van der Waals surface area (Å²) >= 11 is 0. The highest BCUT2D eigenvalue weighted by atomic mass is 19.4. The Bertz CT molecular complexity index is 1120. The summed E-state index contributed by atoms with van der Waals surface area (Å²) in [6.07, 6.45) is -1.93. The first-order valence-corrected chi connectivity index (χ1v) is 11.1. The van der Waals surface area contributed by atoms with Gasteiger partial charge in [-0.05, 0) is 37.0 Å². The van der Waals surface area contributed by atoms with Gasteiger partial charge in [0.1, 0.15) is 17.1 Å². The highest BCUT2D eigenvalue weighted by Gasteiger charge is 2.48. The smallest absolute Gasteiger partial charge is 0.429 e. The van der Waals surface area contributed by atoms with Crippen molar-refractivity contribution in [1.82, 2.24) is 4.98 Å². The lowest BCUT2D eigenvalue weighted by molar-refractivity contribution is -0.743. The van der Waals surface area contributed by atoms with Gasteiger partial charge in [-0.1, -0.05) is 19.9 Å². The number of hydrogen-bond acceptors (Lipinski definition) is 6. The molecule has 2 heterocycles. The molecule has 188 valence electrons. The molecule has 3 rings (SSSR count). The number of hydrogen-bond donors (Lipinski definition) is 1. The Hall–Kier alpha value is -3.47. The molecule has 0 saturated carbocycles. The van der Waals surface area contributed by atoms with Gasteiger partial charge in [0.15, 0.2) is 5.82 Å². The van der Waals surface area contributed by atoms with Gasteiger partial charge in [0.25, 0.3) is 6.47 Å². The number of aromatic nitrogens is 1. The van der Waals surface area contributed by atoms with Crippen LogP contribution in [0.1, 0.15) is 48.2 Å². The maximum Gasteiger partial charge on any atom is 0.429 e. The summed E-state index contributed by atoms with van der Waals surface area (Å²) in [6, 6.07) is 3.86. The molecule has 11 heteroatoms. The van der Waals surface area contributed by atoms with Crippen molar-refractivity contribution in [3.63, 3.8) is 0 Å². The van der Waals surface area contributed by atoms with E-state index in [1.807, 2.05) is 13.8 Å². The van der Waals surface area contributed by atoms with Crippen molar-refractivity contribution in [1.29, 1.82) is 0 Å². The zero-order valence-corrected chi connectivity index (χ0v) is 19.6. The topological polar surface area (TPSA) is 94.6 Å². The van der Waals surface area contributed by atoms with Gasteiger partial charge in [0, 0.05) is 12.0 Å². The second kappa shape index (κ2) is 10.4. The number of benzene rings is 1. The number of urea groups is 1. The summed E-state index contributed by atoms with van der Waals surface area (Å²) < 4.78 is 49.3. The number of amides is 3. The van der Waals surface area contributed by atoms with Crippen LogP contribution in [0.3, 0.4) is 0 Å². The van der Waals surface area contributed by atoms with Crippen LogP contribution >= 0.6 is 0 Å². The summed E-state index contributed by atoms with van der Waals surface area (Å²) in [5.74, 6) is -0.0904.